The maximum absolute atomic E-state index is 13.3. The molecule has 1 atom stereocenters. The van der Waals surface area contributed by atoms with Gasteiger partial charge in [0.05, 0.1) is 11.6 Å². The molecule has 0 aliphatic carbocycles. The number of carbonyl (C=O) groups is 1. The molecule has 2 aromatic carbocycles. The first kappa shape index (κ1) is 21.0. The molecule has 7 nitrogen and oxygen atoms in total. The Balaban J connectivity index is 1.23. The van der Waals surface area contributed by atoms with E-state index < -0.39 is 0 Å². The van der Waals surface area contributed by atoms with Gasteiger partial charge in [-0.25, -0.2) is 9.50 Å². The van der Waals surface area contributed by atoms with Crippen LogP contribution in [0.25, 0.3) is 16.6 Å². The van der Waals surface area contributed by atoms with E-state index in [1.807, 2.05) is 46.7 Å². The van der Waals surface area contributed by atoms with E-state index in [2.05, 4.69) is 19.1 Å². The Morgan fingerprint density at radius 1 is 1.09 bits per heavy atom. The van der Waals surface area contributed by atoms with Crippen molar-refractivity contribution < 1.29 is 14.3 Å². The third kappa shape index (κ3) is 3.47. The molecular formula is C27H28N4O3. The van der Waals surface area contributed by atoms with Crippen LogP contribution in [0.2, 0.25) is 0 Å². The molecule has 1 fully saturated rings. The van der Waals surface area contributed by atoms with Crippen LogP contribution in [0, 0.1) is 13.8 Å². The van der Waals surface area contributed by atoms with Gasteiger partial charge < -0.3 is 14.4 Å². The zero-order valence-corrected chi connectivity index (χ0v) is 19.6. The van der Waals surface area contributed by atoms with E-state index in [0.29, 0.717) is 26.1 Å². The standard InChI is InChI=1S/C27H28N4O3/c1-17-20(18(2)31-27(28-17)21-6-3-4-7-22(21)29-31)10-12-26(32)30-13-5-8-23(30)19-9-11-24-25(16-19)34-15-14-33-24/h3-4,6-7,9,11,16,23H,5,8,10,12-15H2,1-2H3. The van der Waals surface area contributed by atoms with E-state index >= 15 is 0 Å². The van der Waals surface area contributed by atoms with Crippen LogP contribution in [0.4, 0.5) is 0 Å². The van der Waals surface area contributed by atoms with Gasteiger partial charge in [-0.2, -0.15) is 5.10 Å². The topological polar surface area (TPSA) is 69.0 Å². The van der Waals surface area contributed by atoms with E-state index in [4.69, 9.17) is 19.6 Å². The number of aromatic nitrogens is 3. The predicted molar refractivity (Wildman–Crippen MR) is 129 cm³/mol. The van der Waals surface area contributed by atoms with Crippen LogP contribution < -0.4 is 9.47 Å². The first-order valence-corrected chi connectivity index (χ1v) is 12.0. The number of nitrogens with zero attached hydrogens (tertiary/aromatic N) is 4. The summed E-state index contributed by atoms with van der Waals surface area (Å²) in [6, 6.07) is 14.2. The van der Waals surface area contributed by atoms with Crippen molar-refractivity contribution in [3.8, 4) is 11.5 Å². The zero-order chi connectivity index (χ0) is 23.2. The van der Waals surface area contributed by atoms with Gasteiger partial charge in [0.1, 0.15) is 13.2 Å². The van der Waals surface area contributed by atoms with Crippen LogP contribution in [0.1, 0.15) is 47.8 Å². The van der Waals surface area contributed by atoms with Gasteiger partial charge in [-0.3, -0.25) is 4.79 Å². The average molecular weight is 457 g/mol. The fourth-order valence-electron chi connectivity index (χ4n) is 5.39. The SMILES string of the molecule is Cc1nc2c3ccccc3nn2c(C)c1CCC(=O)N1CCCC1c1ccc2c(c1)OCCO2. The van der Waals surface area contributed by atoms with Crippen molar-refractivity contribution in [1.29, 1.82) is 0 Å². The molecule has 2 aromatic heterocycles. The lowest BCUT2D eigenvalue weighted by molar-refractivity contribution is -0.132. The summed E-state index contributed by atoms with van der Waals surface area (Å²) in [5.41, 5.74) is 6.05. The number of aryl methyl sites for hydroxylation is 2. The highest BCUT2D eigenvalue weighted by molar-refractivity contribution is 5.92. The molecular weight excluding hydrogens is 428 g/mol. The highest BCUT2D eigenvalue weighted by atomic mass is 16.6. The van der Waals surface area contributed by atoms with E-state index in [-0.39, 0.29) is 11.9 Å². The van der Waals surface area contributed by atoms with E-state index in [1.165, 1.54) is 0 Å². The molecule has 4 aromatic rings. The molecule has 7 heteroatoms. The fraction of sp³-hybridized carbons (Fsp3) is 0.370. The largest absolute Gasteiger partial charge is 0.486 e. The van der Waals surface area contributed by atoms with Gasteiger partial charge >= 0.3 is 0 Å². The summed E-state index contributed by atoms with van der Waals surface area (Å²) in [5.74, 6) is 1.74. The highest BCUT2D eigenvalue weighted by Gasteiger charge is 2.31. The van der Waals surface area contributed by atoms with Gasteiger partial charge in [-0.15, -0.1) is 0 Å². The molecule has 6 rings (SSSR count). The third-order valence-corrected chi connectivity index (χ3v) is 7.13. The van der Waals surface area contributed by atoms with Crippen molar-refractivity contribution in [2.75, 3.05) is 19.8 Å². The Kier molecular flexibility index (Phi) is 5.12. The second-order valence-electron chi connectivity index (χ2n) is 9.16. The van der Waals surface area contributed by atoms with Crippen LogP contribution in [-0.4, -0.2) is 45.2 Å². The smallest absolute Gasteiger partial charge is 0.223 e. The van der Waals surface area contributed by atoms with Crippen LogP contribution in [0.3, 0.4) is 0 Å². The van der Waals surface area contributed by atoms with Crippen LogP contribution >= 0.6 is 0 Å². The number of fused-ring (bicyclic) bond motifs is 4. The summed E-state index contributed by atoms with van der Waals surface area (Å²) in [5, 5.41) is 5.80. The van der Waals surface area contributed by atoms with Crippen molar-refractivity contribution in [2.24, 2.45) is 0 Å². The first-order chi connectivity index (χ1) is 16.6. The monoisotopic (exact) mass is 456 g/mol. The van der Waals surface area contributed by atoms with Gasteiger partial charge in [0, 0.05) is 29.7 Å². The number of hydrogen-bond acceptors (Lipinski definition) is 5. The molecule has 4 heterocycles. The van der Waals surface area contributed by atoms with Crippen molar-refractivity contribution >= 4 is 22.5 Å². The molecule has 0 spiro atoms. The normalized spacial score (nSPS) is 17.6. The maximum atomic E-state index is 13.3. The molecule has 1 amide bonds. The lowest BCUT2D eigenvalue weighted by atomic mass is 10.0. The van der Waals surface area contributed by atoms with Crippen LogP contribution in [0.15, 0.2) is 42.5 Å². The number of carbonyl (C=O) groups excluding carboxylic acids is 1. The quantitative estimate of drug-likeness (QED) is 0.450. The number of ether oxygens (including phenoxy) is 2. The molecule has 0 N–H and O–H groups in total. The van der Waals surface area contributed by atoms with Gasteiger partial charge in [0.15, 0.2) is 17.1 Å². The highest BCUT2D eigenvalue weighted by Crippen LogP contribution is 2.38. The van der Waals surface area contributed by atoms with Crippen molar-refractivity contribution in [3.05, 3.63) is 65.0 Å². The fourth-order valence-corrected chi connectivity index (χ4v) is 5.39. The van der Waals surface area contributed by atoms with Gasteiger partial charge in [-0.05, 0) is 68.5 Å². The molecule has 1 unspecified atom stereocenters. The second kappa shape index (κ2) is 8.31. The summed E-state index contributed by atoms with van der Waals surface area (Å²) in [6.45, 7) is 6.03. The minimum Gasteiger partial charge on any atom is -0.486 e. The summed E-state index contributed by atoms with van der Waals surface area (Å²) in [4.78, 5) is 20.2. The van der Waals surface area contributed by atoms with Crippen LogP contribution in [-0.2, 0) is 11.2 Å². The molecule has 0 radical (unpaired) electrons. The molecule has 0 saturated carbocycles. The second-order valence-corrected chi connectivity index (χ2v) is 9.16. The molecule has 174 valence electrons. The Labute approximate surface area is 198 Å². The summed E-state index contributed by atoms with van der Waals surface area (Å²) in [6.07, 6.45) is 3.09. The minimum atomic E-state index is 0.0857. The van der Waals surface area contributed by atoms with Gasteiger partial charge in [0.2, 0.25) is 5.91 Å². The van der Waals surface area contributed by atoms with Crippen molar-refractivity contribution in [3.63, 3.8) is 0 Å². The molecule has 1 saturated heterocycles. The Morgan fingerprint density at radius 2 is 1.91 bits per heavy atom. The Morgan fingerprint density at radius 3 is 2.79 bits per heavy atom. The number of benzene rings is 2. The third-order valence-electron chi connectivity index (χ3n) is 7.13. The van der Waals surface area contributed by atoms with Gasteiger partial charge in [-0.1, -0.05) is 18.2 Å². The summed E-state index contributed by atoms with van der Waals surface area (Å²) < 4.78 is 13.3. The first-order valence-electron chi connectivity index (χ1n) is 12.0. The number of hydrogen-bond donors (Lipinski definition) is 0. The minimum absolute atomic E-state index is 0.0857. The Hall–Kier alpha value is -3.61. The lowest BCUT2D eigenvalue weighted by Gasteiger charge is -2.27. The van der Waals surface area contributed by atoms with Gasteiger partial charge in [0.25, 0.3) is 0 Å². The van der Waals surface area contributed by atoms with Crippen LogP contribution in [0.5, 0.6) is 11.5 Å². The summed E-state index contributed by atoms with van der Waals surface area (Å²) in [7, 11) is 0. The Bertz CT molecular complexity index is 1410. The summed E-state index contributed by atoms with van der Waals surface area (Å²) >= 11 is 0. The number of amides is 1. The van der Waals surface area contributed by atoms with Crippen molar-refractivity contribution in [2.45, 2.75) is 45.6 Å². The number of likely N-dealkylation sites (tertiary alicyclic amines) is 1. The van der Waals surface area contributed by atoms with Crippen molar-refractivity contribution in [1.82, 2.24) is 19.5 Å². The lowest BCUT2D eigenvalue weighted by Crippen LogP contribution is -2.31. The molecule has 34 heavy (non-hydrogen) atoms. The van der Waals surface area contributed by atoms with E-state index in [9.17, 15) is 4.79 Å². The zero-order valence-electron chi connectivity index (χ0n) is 19.6. The van der Waals surface area contributed by atoms with E-state index in [0.717, 1.165) is 70.0 Å². The average Bonchev–Trinajstić information content (AvgIpc) is 3.49. The maximum Gasteiger partial charge on any atom is 0.223 e. The predicted octanol–water partition coefficient (Wildman–Crippen LogP) is 4.57. The molecule has 2 aliphatic rings. The van der Waals surface area contributed by atoms with E-state index in [1.54, 1.807) is 0 Å². The molecule has 2 aliphatic heterocycles. The number of rotatable bonds is 4. The molecule has 0 bridgehead atoms.